The Balaban J connectivity index is 2.53. The van der Waals surface area contributed by atoms with E-state index >= 15 is 0 Å². The minimum atomic E-state index is 0.215. The Kier molecular flexibility index (Phi) is 1.71. The Morgan fingerprint density at radius 2 is 1.94 bits per heavy atom. The van der Waals surface area contributed by atoms with Crippen molar-refractivity contribution in [2.24, 2.45) is 0 Å². The number of hydrogen-bond donors (Lipinski definition) is 2. The molecule has 0 fully saturated rings. The lowest BCUT2D eigenvalue weighted by atomic mass is 10.2. The molecule has 1 aromatic rings. The van der Waals surface area contributed by atoms with Gasteiger partial charge in [0.25, 0.3) is 0 Å². The lowest BCUT2D eigenvalue weighted by Crippen LogP contribution is -2.12. The SMILES string of the molecule is N=c1c(N)ccc2oc3ccccc3nc1-2. The summed E-state index contributed by atoms with van der Waals surface area (Å²) >= 11 is 0. The number of anilines is 1. The average molecular weight is 211 g/mol. The van der Waals surface area contributed by atoms with Crippen LogP contribution in [0.1, 0.15) is 0 Å². The molecule has 3 rings (SSSR count). The molecule has 0 radical (unpaired) electrons. The minimum Gasteiger partial charge on any atom is -0.453 e. The van der Waals surface area contributed by atoms with Crippen molar-refractivity contribution in [3.8, 4) is 11.5 Å². The zero-order valence-electron chi connectivity index (χ0n) is 8.40. The number of fused-ring (bicyclic) bond motifs is 2. The normalized spacial score (nSPS) is 11.0. The van der Waals surface area contributed by atoms with Gasteiger partial charge >= 0.3 is 0 Å². The fourth-order valence-electron chi connectivity index (χ4n) is 1.66. The number of nitrogen functional groups attached to an aromatic ring is 1. The number of rotatable bonds is 0. The Labute approximate surface area is 91.2 Å². The molecule has 78 valence electrons. The summed E-state index contributed by atoms with van der Waals surface area (Å²) in [5, 5.41) is 8.03. The summed E-state index contributed by atoms with van der Waals surface area (Å²) in [5.74, 6) is 0.581. The third kappa shape index (κ3) is 1.16. The second-order valence-corrected chi connectivity index (χ2v) is 3.56. The van der Waals surface area contributed by atoms with Gasteiger partial charge in [-0.3, -0.25) is 5.41 Å². The third-order valence-corrected chi connectivity index (χ3v) is 2.49. The van der Waals surface area contributed by atoms with Gasteiger partial charge in [-0.2, -0.15) is 0 Å². The molecular weight excluding hydrogens is 202 g/mol. The summed E-state index contributed by atoms with van der Waals surface area (Å²) in [6.07, 6.45) is 0. The van der Waals surface area contributed by atoms with Crippen molar-refractivity contribution in [2.45, 2.75) is 0 Å². The first-order valence-corrected chi connectivity index (χ1v) is 4.88. The van der Waals surface area contributed by atoms with Gasteiger partial charge in [-0.15, -0.1) is 0 Å². The van der Waals surface area contributed by atoms with Crippen LogP contribution in [0.3, 0.4) is 0 Å². The Bertz CT molecular complexity index is 702. The Morgan fingerprint density at radius 3 is 2.81 bits per heavy atom. The second kappa shape index (κ2) is 3.06. The molecule has 1 aromatic carbocycles. The molecule has 0 atom stereocenters. The van der Waals surface area contributed by atoms with Crippen molar-refractivity contribution in [3.63, 3.8) is 0 Å². The predicted molar refractivity (Wildman–Crippen MR) is 60.9 cm³/mol. The van der Waals surface area contributed by atoms with Gasteiger partial charge < -0.3 is 10.2 Å². The van der Waals surface area contributed by atoms with E-state index in [4.69, 9.17) is 15.6 Å². The molecule has 3 N–H and O–H groups in total. The topological polar surface area (TPSA) is 75.9 Å². The van der Waals surface area contributed by atoms with E-state index in [1.54, 1.807) is 12.1 Å². The maximum absolute atomic E-state index is 7.82. The van der Waals surface area contributed by atoms with Crippen molar-refractivity contribution in [1.82, 2.24) is 4.98 Å². The first kappa shape index (κ1) is 8.91. The van der Waals surface area contributed by atoms with Crippen molar-refractivity contribution >= 4 is 16.8 Å². The van der Waals surface area contributed by atoms with E-state index in [0.29, 0.717) is 22.7 Å². The van der Waals surface area contributed by atoms with Crippen LogP contribution < -0.4 is 11.1 Å². The molecule has 0 spiro atoms. The highest BCUT2D eigenvalue weighted by Gasteiger charge is 2.11. The molecule has 0 aromatic heterocycles. The summed E-state index contributed by atoms with van der Waals surface area (Å²) in [5.41, 5.74) is 8.01. The smallest absolute Gasteiger partial charge is 0.155 e. The van der Waals surface area contributed by atoms with Gasteiger partial charge in [0.05, 0.1) is 5.69 Å². The number of nitrogens with one attached hydrogen (secondary N) is 1. The summed E-state index contributed by atoms with van der Waals surface area (Å²) in [4.78, 5) is 4.38. The number of para-hydroxylation sites is 2. The molecule has 0 bridgehead atoms. The van der Waals surface area contributed by atoms with Crippen LogP contribution in [0.15, 0.2) is 40.8 Å². The van der Waals surface area contributed by atoms with Crippen LogP contribution in [-0.2, 0) is 0 Å². The number of aromatic nitrogens is 1. The largest absolute Gasteiger partial charge is 0.453 e. The van der Waals surface area contributed by atoms with Gasteiger partial charge in [0.2, 0.25) is 0 Å². The molecule has 4 heteroatoms. The van der Waals surface area contributed by atoms with Gasteiger partial charge in [0.1, 0.15) is 16.6 Å². The van der Waals surface area contributed by atoms with Crippen LogP contribution in [0.25, 0.3) is 22.6 Å². The van der Waals surface area contributed by atoms with E-state index in [1.807, 2.05) is 24.3 Å². The number of nitrogens with zero attached hydrogens (tertiary/aromatic N) is 1. The lowest BCUT2D eigenvalue weighted by Gasteiger charge is -2.06. The fraction of sp³-hybridized carbons (Fsp3) is 0. The molecule has 0 saturated heterocycles. The highest BCUT2D eigenvalue weighted by atomic mass is 16.3. The van der Waals surface area contributed by atoms with Crippen molar-refractivity contribution in [1.29, 1.82) is 5.41 Å². The van der Waals surface area contributed by atoms with E-state index < -0.39 is 0 Å². The molecule has 16 heavy (non-hydrogen) atoms. The van der Waals surface area contributed by atoms with E-state index in [-0.39, 0.29) is 5.36 Å². The van der Waals surface area contributed by atoms with Crippen LogP contribution in [0.2, 0.25) is 0 Å². The van der Waals surface area contributed by atoms with E-state index in [0.717, 1.165) is 5.52 Å². The fourth-order valence-corrected chi connectivity index (χ4v) is 1.66. The van der Waals surface area contributed by atoms with E-state index in [9.17, 15) is 0 Å². The highest BCUT2D eigenvalue weighted by molar-refractivity contribution is 5.76. The molecule has 2 aliphatic rings. The van der Waals surface area contributed by atoms with Crippen molar-refractivity contribution in [2.75, 3.05) is 5.73 Å². The quantitative estimate of drug-likeness (QED) is 0.441. The monoisotopic (exact) mass is 211 g/mol. The molecule has 1 aliphatic carbocycles. The highest BCUT2D eigenvalue weighted by Crippen LogP contribution is 2.22. The number of benzene rings is 2. The van der Waals surface area contributed by atoms with Crippen LogP contribution in [0.4, 0.5) is 5.69 Å². The zero-order valence-corrected chi connectivity index (χ0v) is 8.40. The summed E-state index contributed by atoms with van der Waals surface area (Å²) in [6.45, 7) is 0. The second-order valence-electron chi connectivity index (χ2n) is 3.56. The summed E-state index contributed by atoms with van der Waals surface area (Å²) in [7, 11) is 0. The van der Waals surface area contributed by atoms with Gasteiger partial charge in [-0.05, 0) is 24.3 Å². The average Bonchev–Trinajstić information content (AvgIpc) is 2.32. The van der Waals surface area contributed by atoms with Crippen molar-refractivity contribution in [3.05, 3.63) is 41.8 Å². The summed E-state index contributed by atoms with van der Waals surface area (Å²) < 4.78 is 5.64. The maximum atomic E-state index is 7.82. The molecule has 4 nitrogen and oxygen atoms in total. The Hall–Kier alpha value is -2.36. The Morgan fingerprint density at radius 1 is 1.12 bits per heavy atom. The van der Waals surface area contributed by atoms with Crippen LogP contribution in [0, 0.1) is 5.41 Å². The third-order valence-electron chi connectivity index (χ3n) is 2.49. The van der Waals surface area contributed by atoms with Gasteiger partial charge in [0.15, 0.2) is 11.3 Å². The molecule has 1 heterocycles. The lowest BCUT2D eigenvalue weighted by molar-refractivity contribution is 0.611. The first-order chi connectivity index (χ1) is 7.75. The first-order valence-electron chi connectivity index (χ1n) is 4.88. The molecule has 0 amide bonds. The van der Waals surface area contributed by atoms with Gasteiger partial charge in [-0.1, -0.05) is 12.1 Å². The maximum Gasteiger partial charge on any atom is 0.155 e. The van der Waals surface area contributed by atoms with Gasteiger partial charge in [0, 0.05) is 0 Å². The zero-order chi connectivity index (χ0) is 11.1. The van der Waals surface area contributed by atoms with Crippen LogP contribution in [0.5, 0.6) is 0 Å². The molecular formula is C12H9N3O. The van der Waals surface area contributed by atoms with E-state index in [1.165, 1.54) is 0 Å². The molecule has 0 saturated carbocycles. The van der Waals surface area contributed by atoms with Gasteiger partial charge in [-0.25, -0.2) is 4.98 Å². The minimum absolute atomic E-state index is 0.215. The van der Waals surface area contributed by atoms with Crippen LogP contribution in [-0.4, -0.2) is 4.98 Å². The standard InChI is InChI=1S/C12H9N3O/c13-7-5-6-10-12(11(7)14)15-8-3-1-2-4-9(8)16-10/h1-6,14H,13H2. The number of nitrogens with two attached hydrogens (primary N) is 1. The van der Waals surface area contributed by atoms with E-state index in [2.05, 4.69) is 4.98 Å². The molecule has 1 aliphatic heterocycles. The predicted octanol–water partition coefficient (Wildman–Crippen LogP) is 1.99. The molecule has 0 unspecified atom stereocenters. The number of hydrogen-bond acceptors (Lipinski definition) is 4. The van der Waals surface area contributed by atoms with Crippen LogP contribution >= 0.6 is 0 Å². The van der Waals surface area contributed by atoms with Crippen molar-refractivity contribution < 1.29 is 4.42 Å². The summed E-state index contributed by atoms with van der Waals surface area (Å²) in [6, 6.07) is 10.9.